The third-order valence-electron chi connectivity index (χ3n) is 5.90. The molecule has 2 aromatic rings. The first-order chi connectivity index (χ1) is 14.9. The highest BCUT2D eigenvalue weighted by atomic mass is 19.1. The molecular formula is C27H34FNO2. The number of halogens is 1. The fourth-order valence-corrected chi connectivity index (χ4v) is 4.23. The fourth-order valence-electron chi connectivity index (χ4n) is 4.23. The molecule has 166 valence electrons. The van der Waals surface area contributed by atoms with Gasteiger partial charge in [0.1, 0.15) is 5.82 Å². The van der Waals surface area contributed by atoms with Gasteiger partial charge >= 0.3 is 0 Å². The Morgan fingerprint density at radius 1 is 1.06 bits per heavy atom. The number of ether oxygens (including phenoxy) is 2. The van der Waals surface area contributed by atoms with E-state index in [9.17, 15) is 4.39 Å². The molecule has 0 spiro atoms. The maximum Gasteiger partial charge on any atom is 0.161 e. The van der Waals surface area contributed by atoms with Gasteiger partial charge < -0.3 is 9.47 Å². The summed E-state index contributed by atoms with van der Waals surface area (Å²) in [4.78, 5) is 2.42. The molecule has 2 aromatic carbocycles. The van der Waals surface area contributed by atoms with Crippen LogP contribution in [0, 0.1) is 5.82 Å². The van der Waals surface area contributed by atoms with E-state index in [1.54, 1.807) is 26.4 Å². The van der Waals surface area contributed by atoms with E-state index in [0.29, 0.717) is 5.75 Å². The molecule has 3 nitrogen and oxygen atoms in total. The summed E-state index contributed by atoms with van der Waals surface area (Å²) < 4.78 is 25.2. The van der Waals surface area contributed by atoms with Crippen LogP contribution in [0.25, 0.3) is 0 Å². The van der Waals surface area contributed by atoms with Crippen molar-refractivity contribution in [1.29, 1.82) is 0 Å². The minimum absolute atomic E-state index is 0.0268. The second-order valence-electron chi connectivity index (χ2n) is 8.48. The van der Waals surface area contributed by atoms with Crippen molar-refractivity contribution in [2.24, 2.45) is 0 Å². The lowest BCUT2D eigenvalue weighted by atomic mass is 9.87. The maximum atomic E-state index is 14.1. The Labute approximate surface area is 186 Å². The Morgan fingerprint density at radius 2 is 1.81 bits per heavy atom. The Bertz CT molecular complexity index is 960. The summed E-state index contributed by atoms with van der Waals surface area (Å²) in [7, 11) is 3.31. The van der Waals surface area contributed by atoms with Crippen molar-refractivity contribution in [3.63, 3.8) is 0 Å². The van der Waals surface area contributed by atoms with Crippen molar-refractivity contribution in [3.8, 4) is 11.5 Å². The SMILES string of the molecule is COc1cc2c(cc1OC)[C@@H](c1cccc(F)c1)N(C/C=C(\C)CCC=C(C)C)CC2. The van der Waals surface area contributed by atoms with Gasteiger partial charge in [0.05, 0.1) is 20.3 Å². The zero-order valence-electron chi connectivity index (χ0n) is 19.4. The maximum absolute atomic E-state index is 14.1. The summed E-state index contributed by atoms with van der Waals surface area (Å²) >= 11 is 0. The highest BCUT2D eigenvalue weighted by Crippen LogP contribution is 2.41. The van der Waals surface area contributed by atoms with Crippen molar-refractivity contribution < 1.29 is 13.9 Å². The molecule has 31 heavy (non-hydrogen) atoms. The molecule has 0 bridgehead atoms. The lowest BCUT2D eigenvalue weighted by molar-refractivity contribution is 0.234. The van der Waals surface area contributed by atoms with E-state index >= 15 is 0 Å². The number of nitrogens with zero attached hydrogens (tertiary/aromatic N) is 1. The van der Waals surface area contributed by atoms with Gasteiger partial charge in [-0.3, -0.25) is 4.90 Å². The summed E-state index contributed by atoms with van der Waals surface area (Å²) in [5.41, 5.74) is 6.09. The van der Waals surface area contributed by atoms with Gasteiger partial charge in [-0.25, -0.2) is 4.39 Å². The van der Waals surface area contributed by atoms with Gasteiger partial charge in [-0.05, 0) is 81.0 Å². The zero-order valence-corrected chi connectivity index (χ0v) is 19.4. The van der Waals surface area contributed by atoms with Crippen LogP contribution in [0.4, 0.5) is 4.39 Å². The molecule has 1 heterocycles. The quantitative estimate of drug-likeness (QED) is 0.453. The predicted molar refractivity (Wildman–Crippen MR) is 125 cm³/mol. The molecule has 4 heteroatoms. The van der Waals surface area contributed by atoms with Gasteiger partial charge in [-0.1, -0.05) is 35.4 Å². The van der Waals surface area contributed by atoms with Crippen molar-refractivity contribution >= 4 is 0 Å². The van der Waals surface area contributed by atoms with Crippen molar-refractivity contribution in [3.05, 3.63) is 82.2 Å². The Kier molecular flexibility index (Phi) is 7.91. The van der Waals surface area contributed by atoms with E-state index in [1.807, 2.05) is 6.07 Å². The summed E-state index contributed by atoms with van der Waals surface area (Å²) in [5, 5.41) is 0. The number of benzene rings is 2. The van der Waals surface area contributed by atoms with Gasteiger partial charge in [0, 0.05) is 13.1 Å². The Hall–Kier alpha value is -2.59. The van der Waals surface area contributed by atoms with Gasteiger partial charge in [-0.15, -0.1) is 0 Å². The number of methoxy groups -OCH3 is 2. The van der Waals surface area contributed by atoms with Crippen LogP contribution in [0.1, 0.15) is 56.3 Å². The van der Waals surface area contributed by atoms with Crippen LogP contribution in [-0.4, -0.2) is 32.2 Å². The molecular weight excluding hydrogens is 389 g/mol. The van der Waals surface area contributed by atoms with Crippen LogP contribution in [0.15, 0.2) is 59.7 Å². The number of hydrogen-bond acceptors (Lipinski definition) is 3. The molecule has 3 rings (SSSR count). The molecule has 0 amide bonds. The average molecular weight is 424 g/mol. The molecule has 1 atom stereocenters. The fraction of sp³-hybridized carbons (Fsp3) is 0.407. The van der Waals surface area contributed by atoms with E-state index in [2.05, 4.69) is 50.0 Å². The molecule has 1 aliphatic rings. The smallest absolute Gasteiger partial charge is 0.161 e. The van der Waals surface area contributed by atoms with Gasteiger partial charge in [0.25, 0.3) is 0 Å². The van der Waals surface area contributed by atoms with Crippen LogP contribution >= 0.6 is 0 Å². The number of hydrogen-bond donors (Lipinski definition) is 0. The lowest BCUT2D eigenvalue weighted by Gasteiger charge is -2.37. The van der Waals surface area contributed by atoms with E-state index in [-0.39, 0.29) is 11.9 Å². The Balaban J connectivity index is 1.94. The highest BCUT2D eigenvalue weighted by molar-refractivity contribution is 5.51. The van der Waals surface area contributed by atoms with Crippen LogP contribution in [0.3, 0.4) is 0 Å². The topological polar surface area (TPSA) is 21.7 Å². The summed E-state index contributed by atoms with van der Waals surface area (Å²) in [6.07, 6.45) is 7.65. The third-order valence-corrected chi connectivity index (χ3v) is 5.90. The van der Waals surface area contributed by atoms with Crippen molar-refractivity contribution in [2.75, 3.05) is 27.3 Å². The molecule has 0 saturated carbocycles. The predicted octanol–water partition coefficient (Wildman–Crippen LogP) is 6.48. The molecule has 0 fully saturated rings. The van der Waals surface area contributed by atoms with E-state index in [0.717, 1.165) is 49.2 Å². The molecule has 0 unspecified atom stereocenters. The second kappa shape index (κ2) is 10.6. The number of rotatable bonds is 8. The molecule has 1 aliphatic heterocycles. The third kappa shape index (κ3) is 5.76. The molecule has 0 aliphatic carbocycles. The van der Waals surface area contributed by atoms with Crippen LogP contribution in [0.5, 0.6) is 11.5 Å². The summed E-state index contributed by atoms with van der Waals surface area (Å²) in [6.45, 7) is 8.20. The highest BCUT2D eigenvalue weighted by Gasteiger charge is 2.30. The van der Waals surface area contributed by atoms with Crippen molar-refractivity contribution in [1.82, 2.24) is 4.90 Å². The molecule has 0 N–H and O–H groups in total. The first-order valence-electron chi connectivity index (χ1n) is 11.0. The lowest BCUT2D eigenvalue weighted by Crippen LogP contribution is -2.36. The zero-order chi connectivity index (χ0) is 22.4. The van der Waals surface area contributed by atoms with E-state index in [4.69, 9.17) is 9.47 Å². The first kappa shape index (κ1) is 23.1. The van der Waals surface area contributed by atoms with Gasteiger partial charge in [0.15, 0.2) is 11.5 Å². The van der Waals surface area contributed by atoms with Crippen LogP contribution in [0.2, 0.25) is 0 Å². The minimum Gasteiger partial charge on any atom is -0.493 e. The molecule has 0 saturated heterocycles. The Morgan fingerprint density at radius 3 is 2.48 bits per heavy atom. The monoisotopic (exact) mass is 423 g/mol. The van der Waals surface area contributed by atoms with Crippen LogP contribution < -0.4 is 9.47 Å². The van der Waals surface area contributed by atoms with E-state index < -0.39 is 0 Å². The first-order valence-corrected chi connectivity index (χ1v) is 11.0. The standard InChI is InChI=1S/C27H34FNO2/c1-19(2)8-6-9-20(3)12-14-29-15-13-21-17-25(30-4)26(31-5)18-24(21)27(29)22-10-7-11-23(28)16-22/h7-8,10-12,16-18,27H,6,9,13-15H2,1-5H3/b20-12+/t27-/m1/s1. The van der Waals surface area contributed by atoms with Crippen LogP contribution in [-0.2, 0) is 6.42 Å². The van der Waals surface area contributed by atoms with Crippen molar-refractivity contribution in [2.45, 2.75) is 46.1 Å². The second-order valence-corrected chi connectivity index (χ2v) is 8.48. The van der Waals surface area contributed by atoms with E-state index in [1.165, 1.54) is 22.8 Å². The largest absolute Gasteiger partial charge is 0.493 e. The molecule has 0 aromatic heterocycles. The number of fused-ring (bicyclic) bond motifs is 1. The summed E-state index contributed by atoms with van der Waals surface area (Å²) in [5.74, 6) is 1.24. The van der Waals surface area contributed by atoms with Gasteiger partial charge in [0.2, 0.25) is 0 Å². The number of allylic oxidation sites excluding steroid dienone is 3. The average Bonchev–Trinajstić information content (AvgIpc) is 2.75. The summed E-state index contributed by atoms with van der Waals surface area (Å²) in [6, 6.07) is 11.0. The normalized spacial score (nSPS) is 16.6. The van der Waals surface area contributed by atoms with Gasteiger partial charge in [-0.2, -0.15) is 0 Å². The minimum atomic E-state index is -0.210. The molecule has 0 radical (unpaired) electrons.